The van der Waals surface area contributed by atoms with E-state index >= 15 is 0 Å². The number of carbonyl (C=O) groups excluding carboxylic acids is 1. The molecule has 36 heavy (non-hydrogen) atoms. The van der Waals surface area contributed by atoms with Crippen LogP contribution in [0.25, 0.3) is 0 Å². The molecule has 0 radical (unpaired) electrons. The van der Waals surface area contributed by atoms with E-state index in [1.54, 1.807) is 4.90 Å². The summed E-state index contributed by atoms with van der Waals surface area (Å²) in [6.45, 7) is 20.3. The second-order valence-corrected chi connectivity index (χ2v) is 9.03. The van der Waals surface area contributed by atoms with Crippen molar-refractivity contribution in [1.29, 1.82) is 0 Å². The van der Waals surface area contributed by atoms with Crippen LogP contribution in [0, 0.1) is 5.92 Å². The van der Waals surface area contributed by atoms with Gasteiger partial charge in [-0.3, -0.25) is 4.90 Å². The maximum absolute atomic E-state index is 12.8. The lowest BCUT2D eigenvalue weighted by Crippen LogP contribution is -2.39. The molecule has 0 aromatic heterocycles. The van der Waals surface area contributed by atoms with Crippen LogP contribution in [-0.4, -0.2) is 31.3 Å². The van der Waals surface area contributed by atoms with E-state index in [0.29, 0.717) is 18.2 Å². The highest BCUT2D eigenvalue weighted by molar-refractivity contribution is 5.88. The van der Waals surface area contributed by atoms with Crippen molar-refractivity contribution in [2.75, 3.05) is 40.9 Å². The first kappa shape index (κ1) is 33.1. The Morgan fingerprint density at radius 2 is 1.31 bits per heavy atom. The zero-order valence-electron chi connectivity index (χ0n) is 24.3. The van der Waals surface area contributed by atoms with E-state index in [9.17, 15) is 4.79 Å². The SMILES string of the molecule is CC.CC.CC.CC(C)(C)OC(=O)N(CCC1CCN(c2ccc(N)cc2)CC1)c1ccc(N)cc1. The number of ether oxygens (including phenoxy) is 1. The van der Waals surface area contributed by atoms with Crippen LogP contribution in [0.4, 0.5) is 27.5 Å². The van der Waals surface area contributed by atoms with Gasteiger partial charge in [-0.25, -0.2) is 4.79 Å². The van der Waals surface area contributed by atoms with Crippen molar-refractivity contribution in [2.45, 2.75) is 87.2 Å². The predicted octanol–water partition coefficient (Wildman–Crippen LogP) is 7.98. The number of amides is 1. The van der Waals surface area contributed by atoms with Gasteiger partial charge in [-0.05, 0) is 94.5 Å². The molecule has 6 heteroatoms. The Hall–Kier alpha value is -2.89. The van der Waals surface area contributed by atoms with Crippen molar-refractivity contribution >= 4 is 28.8 Å². The van der Waals surface area contributed by atoms with Gasteiger partial charge in [-0.2, -0.15) is 0 Å². The van der Waals surface area contributed by atoms with Gasteiger partial charge in [0.15, 0.2) is 0 Å². The van der Waals surface area contributed by atoms with Gasteiger partial charge in [-0.15, -0.1) is 0 Å². The maximum atomic E-state index is 12.8. The van der Waals surface area contributed by atoms with Crippen molar-refractivity contribution in [3.8, 4) is 0 Å². The summed E-state index contributed by atoms with van der Waals surface area (Å²) in [6, 6.07) is 15.5. The second kappa shape index (κ2) is 17.5. The minimum absolute atomic E-state index is 0.313. The van der Waals surface area contributed by atoms with E-state index < -0.39 is 5.60 Å². The molecule has 0 bridgehead atoms. The number of anilines is 4. The highest BCUT2D eigenvalue weighted by atomic mass is 16.6. The maximum Gasteiger partial charge on any atom is 0.414 e. The van der Waals surface area contributed by atoms with Gasteiger partial charge in [-0.1, -0.05) is 41.5 Å². The molecule has 204 valence electrons. The molecule has 1 saturated heterocycles. The lowest BCUT2D eigenvalue weighted by molar-refractivity contribution is 0.0578. The molecule has 4 N–H and O–H groups in total. The van der Waals surface area contributed by atoms with Crippen molar-refractivity contribution in [3.63, 3.8) is 0 Å². The smallest absolute Gasteiger partial charge is 0.414 e. The molecular weight excluding hydrogens is 448 g/mol. The Morgan fingerprint density at radius 3 is 1.75 bits per heavy atom. The van der Waals surface area contributed by atoms with Crippen LogP contribution in [-0.2, 0) is 4.74 Å². The molecule has 2 aromatic rings. The van der Waals surface area contributed by atoms with Gasteiger partial charge in [0.2, 0.25) is 0 Å². The predicted molar refractivity (Wildman–Crippen MR) is 159 cm³/mol. The molecule has 0 aliphatic carbocycles. The number of hydrogen-bond acceptors (Lipinski definition) is 5. The van der Waals surface area contributed by atoms with Crippen molar-refractivity contribution < 1.29 is 9.53 Å². The van der Waals surface area contributed by atoms with Gasteiger partial charge >= 0.3 is 6.09 Å². The molecule has 1 aliphatic heterocycles. The zero-order valence-corrected chi connectivity index (χ0v) is 24.3. The number of nitrogens with zero attached hydrogens (tertiary/aromatic N) is 2. The summed E-state index contributed by atoms with van der Waals surface area (Å²) in [5.74, 6) is 0.578. The number of hydrogen-bond donors (Lipinski definition) is 2. The normalized spacial score (nSPS) is 13.1. The van der Waals surface area contributed by atoms with Crippen LogP contribution in [0.15, 0.2) is 48.5 Å². The van der Waals surface area contributed by atoms with Gasteiger partial charge in [0.25, 0.3) is 0 Å². The third-order valence-corrected chi connectivity index (χ3v) is 5.45. The van der Waals surface area contributed by atoms with E-state index in [2.05, 4.69) is 17.0 Å². The number of carbonyl (C=O) groups is 1. The van der Waals surface area contributed by atoms with E-state index in [4.69, 9.17) is 16.2 Å². The van der Waals surface area contributed by atoms with Crippen molar-refractivity contribution in [1.82, 2.24) is 0 Å². The number of nitrogens with two attached hydrogens (primary N) is 2. The van der Waals surface area contributed by atoms with E-state index in [-0.39, 0.29) is 6.09 Å². The summed E-state index contributed by atoms with van der Waals surface area (Å²) in [5, 5.41) is 0. The summed E-state index contributed by atoms with van der Waals surface area (Å²) < 4.78 is 5.65. The lowest BCUT2D eigenvalue weighted by atomic mass is 9.93. The monoisotopic (exact) mass is 500 g/mol. The number of rotatable bonds is 5. The van der Waals surface area contributed by atoms with Crippen LogP contribution < -0.4 is 21.3 Å². The largest absolute Gasteiger partial charge is 0.443 e. The summed E-state index contributed by atoms with van der Waals surface area (Å²) >= 11 is 0. The minimum atomic E-state index is -0.534. The molecule has 1 heterocycles. The fourth-order valence-corrected chi connectivity index (χ4v) is 3.77. The molecule has 1 fully saturated rings. The quantitative estimate of drug-likeness (QED) is 0.407. The molecule has 6 nitrogen and oxygen atoms in total. The van der Waals surface area contributed by atoms with Crippen LogP contribution in [0.1, 0.15) is 81.6 Å². The Kier molecular flexibility index (Phi) is 16.1. The average molecular weight is 501 g/mol. The third kappa shape index (κ3) is 11.7. The van der Waals surface area contributed by atoms with E-state index in [1.165, 1.54) is 5.69 Å². The summed E-state index contributed by atoms with van der Waals surface area (Å²) in [5.41, 5.74) is 14.6. The van der Waals surface area contributed by atoms with E-state index in [1.807, 2.05) is 98.7 Å². The number of piperidine rings is 1. The molecule has 2 aromatic carbocycles. The van der Waals surface area contributed by atoms with Crippen molar-refractivity contribution in [3.05, 3.63) is 48.5 Å². The fourth-order valence-electron chi connectivity index (χ4n) is 3.77. The molecular formula is C30H52N4O2. The molecule has 1 aliphatic rings. The summed E-state index contributed by atoms with van der Waals surface area (Å²) in [6.07, 6.45) is 2.84. The zero-order chi connectivity index (χ0) is 27.7. The van der Waals surface area contributed by atoms with Gasteiger partial charge < -0.3 is 21.1 Å². The Bertz CT molecular complexity index is 822. The second-order valence-electron chi connectivity index (χ2n) is 9.03. The number of benzene rings is 2. The number of nitrogen functional groups attached to an aromatic ring is 2. The first-order valence-corrected chi connectivity index (χ1v) is 13.7. The van der Waals surface area contributed by atoms with Gasteiger partial charge in [0.1, 0.15) is 5.60 Å². The minimum Gasteiger partial charge on any atom is -0.443 e. The summed E-state index contributed by atoms with van der Waals surface area (Å²) in [7, 11) is 0. The van der Waals surface area contributed by atoms with Crippen LogP contribution in [0.2, 0.25) is 0 Å². The third-order valence-electron chi connectivity index (χ3n) is 5.45. The molecule has 0 unspecified atom stereocenters. The topological polar surface area (TPSA) is 84.8 Å². The molecule has 0 saturated carbocycles. The molecule has 1 amide bonds. The Labute approximate surface area is 221 Å². The van der Waals surface area contributed by atoms with Crippen LogP contribution in [0.5, 0.6) is 0 Å². The average Bonchev–Trinajstić information content (AvgIpc) is 2.89. The lowest BCUT2D eigenvalue weighted by Gasteiger charge is -2.35. The van der Waals surface area contributed by atoms with Crippen LogP contribution >= 0.6 is 0 Å². The first-order chi connectivity index (χ1) is 17.2. The molecule has 3 rings (SSSR count). The van der Waals surface area contributed by atoms with Crippen molar-refractivity contribution in [2.24, 2.45) is 5.92 Å². The van der Waals surface area contributed by atoms with Gasteiger partial charge in [0.05, 0.1) is 0 Å². The molecule has 0 atom stereocenters. The summed E-state index contributed by atoms with van der Waals surface area (Å²) in [4.78, 5) is 17.0. The highest BCUT2D eigenvalue weighted by Gasteiger charge is 2.26. The van der Waals surface area contributed by atoms with Crippen LogP contribution in [0.3, 0.4) is 0 Å². The fraction of sp³-hybridized carbons (Fsp3) is 0.567. The molecule has 0 spiro atoms. The Balaban J connectivity index is 0.00000190. The highest BCUT2D eigenvalue weighted by Crippen LogP contribution is 2.27. The Morgan fingerprint density at radius 1 is 0.861 bits per heavy atom. The standard InChI is InChI=1S/C24H34N4O2.3C2H6/c1-24(2,3)30-23(29)28(22-10-6-20(26)7-11-22)17-14-18-12-15-27(16-13-18)21-8-4-19(25)5-9-21;3*1-2/h4-11,18H,12-17,25-26H2,1-3H3;3*1-2H3. The first-order valence-electron chi connectivity index (χ1n) is 13.7. The van der Waals surface area contributed by atoms with E-state index in [0.717, 1.165) is 43.7 Å². The van der Waals surface area contributed by atoms with Gasteiger partial charge in [0, 0.05) is 42.4 Å².